The molecule has 0 fully saturated rings. The standard InChI is InChI=1S/C19H17ClF3NO4/c1-28-16-7-4-12(8-14(16)20)9-15(18(26)27)24-17(25)10-11-2-5-13(6-3-11)19(21,22)23/h2-8,15H,9-10H2,1H3,(H,24,25)(H,26,27)/t15-/m0/s1. The number of carboxylic acid groups (broad SMARTS) is 1. The Labute approximate surface area is 164 Å². The van der Waals surface area contributed by atoms with Crippen molar-refractivity contribution in [1.82, 2.24) is 5.32 Å². The van der Waals surface area contributed by atoms with E-state index in [1.54, 1.807) is 18.2 Å². The number of hydrogen-bond acceptors (Lipinski definition) is 3. The van der Waals surface area contributed by atoms with Crippen LogP contribution in [-0.2, 0) is 28.6 Å². The van der Waals surface area contributed by atoms with E-state index >= 15 is 0 Å². The first-order chi connectivity index (χ1) is 13.1. The van der Waals surface area contributed by atoms with Gasteiger partial charge in [0, 0.05) is 6.42 Å². The second-order valence-electron chi connectivity index (χ2n) is 6.00. The number of rotatable bonds is 7. The molecule has 0 saturated carbocycles. The number of aliphatic carboxylic acids is 1. The average Bonchev–Trinajstić information content (AvgIpc) is 2.61. The van der Waals surface area contributed by atoms with Gasteiger partial charge in [0.25, 0.3) is 0 Å². The second kappa shape index (κ2) is 8.97. The molecular weight excluding hydrogens is 399 g/mol. The van der Waals surface area contributed by atoms with Crippen molar-refractivity contribution >= 4 is 23.5 Å². The number of benzene rings is 2. The summed E-state index contributed by atoms with van der Waals surface area (Å²) in [5.41, 5.74) is 0.0895. The van der Waals surface area contributed by atoms with E-state index in [0.29, 0.717) is 21.9 Å². The van der Waals surface area contributed by atoms with Crippen LogP contribution in [0.2, 0.25) is 5.02 Å². The fraction of sp³-hybridized carbons (Fsp3) is 0.263. The van der Waals surface area contributed by atoms with Crippen molar-refractivity contribution in [1.29, 1.82) is 0 Å². The van der Waals surface area contributed by atoms with Gasteiger partial charge in [0.1, 0.15) is 11.8 Å². The smallest absolute Gasteiger partial charge is 0.416 e. The van der Waals surface area contributed by atoms with Gasteiger partial charge < -0.3 is 15.2 Å². The Morgan fingerprint density at radius 1 is 1.14 bits per heavy atom. The Bertz CT molecular complexity index is 853. The molecule has 2 N–H and O–H groups in total. The molecule has 0 spiro atoms. The molecule has 0 heterocycles. The maximum atomic E-state index is 12.6. The Morgan fingerprint density at radius 3 is 2.25 bits per heavy atom. The lowest BCUT2D eigenvalue weighted by molar-refractivity contribution is -0.141. The van der Waals surface area contributed by atoms with E-state index in [4.69, 9.17) is 16.3 Å². The molecule has 28 heavy (non-hydrogen) atoms. The van der Waals surface area contributed by atoms with Gasteiger partial charge in [0.05, 0.1) is 24.1 Å². The first kappa shape index (κ1) is 21.6. The zero-order valence-corrected chi connectivity index (χ0v) is 15.5. The minimum Gasteiger partial charge on any atom is -0.495 e. The first-order valence-corrected chi connectivity index (χ1v) is 8.48. The maximum Gasteiger partial charge on any atom is 0.416 e. The highest BCUT2D eigenvalue weighted by molar-refractivity contribution is 6.32. The third-order valence-corrected chi connectivity index (χ3v) is 4.23. The molecule has 0 unspecified atom stereocenters. The summed E-state index contributed by atoms with van der Waals surface area (Å²) in [7, 11) is 1.45. The zero-order valence-electron chi connectivity index (χ0n) is 14.7. The summed E-state index contributed by atoms with van der Waals surface area (Å²) < 4.78 is 42.7. The predicted octanol–water partition coefficient (Wildman–Crippen LogP) is 3.72. The van der Waals surface area contributed by atoms with Crippen molar-refractivity contribution in [2.45, 2.75) is 25.1 Å². The summed E-state index contributed by atoms with van der Waals surface area (Å²) in [4.78, 5) is 23.6. The van der Waals surface area contributed by atoms with Crippen molar-refractivity contribution in [2.75, 3.05) is 7.11 Å². The highest BCUT2D eigenvalue weighted by atomic mass is 35.5. The molecule has 0 aliphatic rings. The topological polar surface area (TPSA) is 75.6 Å². The molecule has 2 aromatic carbocycles. The lowest BCUT2D eigenvalue weighted by atomic mass is 10.0. The zero-order chi connectivity index (χ0) is 20.9. The van der Waals surface area contributed by atoms with Crippen LogP contribution in [0.4, 0.5) is 13.2 Å². The van der Waals surface area contributed by atoms with Gasteiger partial charge >= 0.3 is 12.1 Å². The molecule has 150 valence electrons. The first-order valence-electron chi connectivity index (χ1n) is 8.11. The molecule has 0 aromatic heterocycles. The Morgan fingerprint density at radius 2 is 1.75 bits per heavy atom. The number of alkyl halides is 3. The normalized spacial score (nSPS) is 12.3. The Kier molecular flexibility index (Phi) is 6.90. The maximum absolute atomic E-state index is 12.6. The molecule has 1 atom stereocenters. The van der Waals surface area contributed by atoms with Crippen molar-refractivity contribution in [3.05, 3.63) is 64.2 Å². The minimum atomic E-state index is -4.46. The highest BCUT2D eigenvalue weighted by Gasteiger charge is 2.30. The van der Waals surface area contributed by atoms with Gasteiger partial charge in [-0.05, 0) is 35.4 Å². The van der Waals surface area contributed by atoms with E-state index in [1.165, 1.54) is 19.2 Å². The van der Waals surface area contributed by atoms with Crippen LogP contribution in [0.5, 0.6) is 5.75 Å². The van der Waals surface area contributed by atoms with Crippen LogP contribution < -0.4 is 10.1 Å². The van der Waals surface area contributed by atoms with E-state index in [-0.39, 0.29) is 12.8 Å². The van der Waals surface area contributed by atoms with Crippen LogP contribution >= 0.6 is 11.6 Å². The van der Waals surface area contributed by atoms with Crippen molar-refractivity contribution in [3.8, 4) is 5.75 Å². The van der Waals surface area contributed by atoms with E-state index in [1.807, 2.05) is 0 Å². The summed E-state index contributed by atoms with van der Waals surface area (Å²) in [5, 5.41) is 12.0. The van der Waals surface area contributed by atoms with E-state index < -0.39 is 29.7 Å². The number of methoxy groups -OCH3 is 1. The van der Waals surface area contributed by atoms with Gasteiger partial charge in [0.2, 0.25) is 5.91 Å². The SMILES string of the molecule is COc1ccc(C[C@H](NC(=O)Cc2ccc(C(F)(F)F)cc2)C(=O)O)cc1Cl. The highest BCUT2D eigenvalue weighted by Crippen LogP contribution is 2.29. The fourth-order valence-corrected chi connectivity index (χ4v) is 2.80. The molecule has 0 aliphatic heterocycles. The monoisotopic (exact) mass is 415 g/mol. The van der Waals surface area contributed by atoms with Crippen molar-refractivity contribution in [3.63, 3.8) is 0 Å². The largest absolute Gasteiger partial charge is 0.495 e. The summed E-state index contributed by atoms with van der Waals surface area (Å²) in [6, 6.07) is 7.64. The Hall–Kier alpha value is -2.74. The number of hydrogen-bond donors (Lipinski definition) is 2. The molecule has 2 rings (SSSR count). The number of amides is 1. The summed E-state index contributed by atoms with van der Waals surface area (Å²) >= 11 is 6.01. The van der Waals surface area contributed by atoms with Gasteiger partial charge in [-0.3, -0.25) is 4.79 Å². The summed E-state index contributed by atoms with van der Waals surface area (Å²) in [6.45, 7) is 0. The number of carbonyl (C=O) groups excluding carboxylic acids is 1. The van der Waals surface area contributed by atoms with Crippen LogP contribution in [0.15, 0.2) is 42.5 Å². The van der Waals surface area contributed by atoms with E-state index in [9.17, 15) is 27.9 Å². The lowest BCUT2D eigenvalue weighted by Crippen LogP contribution is -2.43. The summed E-state index contributed by atoms with van der Waals surface area (Å²) in [6.07, 6.45) is -4.72. The molecule has 2 aromatic rings. The molecule has 0 aliphatic carbocycles. The number of halogens is 4. The van der Waals surface area contributed by atoms with E-state index in [2.05, 4.69) is 5.32 Å². The number of carbonyl (C=O) groups is 2. The number of nitrogens with one attached hydrogen (secondary N) is 1. The molecule has 9 heteroatoms. The van der Waals surface area contributed by atoms with Crippen molar-refractivity contribution < 1.29 is 32.6 Å². The molecule has 0 radical (unpaired) electrons. The van der Waals surface area contributed by atoms with Gasteiger partial charge in [-0.15, -0.1) is 0 Å². The predicted molar refractivity (Wildman–Crippen MR) is 96.4 cm³/mol. The van der Waals surface area contributed by atoms with Gasteiger partial charge in [-0.1, -0.05) is 29.8 Å². The molecule has 0 bridgehead atoms. The third-order valence-electron chi connectivity index (χ3n) is 3.94. The summed E-state index contributed by atoms with van der Waals surface area (Å²) in [5.74, 6) is -1.43. The number of ether oxygens (including phenoxy) is 1. The second-order valence-corrected chi connectivity index (χ2v) is 6.41. The van der Waals surface area contributed by atoms with Crippen LogP contribution in [0, 0.1) is 0 Å². The minimum absolute atomic E-state index is 0.0161. The number of carboxylic acids is 1. The lowest BCUT2D eigenvalue weighted by Gasteiger charge is -2.15. The molecular formula is C19H17ClF3NO4. The Balaban J connectivity index is 2.02. The third kappa shape index (κ3) is 5.88. The molecule has 0 saturated heterocycles. The van der Waals surface area contributed by atoms with Gasteiger partial charge in [-0.2, -0.15) is 13.2 Å². The van der Waals surface area contributed by atoms with Crippen molar-refractivity contribution in [2.24, 2.45) is 0 Å². The van der Waals surface area contributed by atoms with Crippen LogP contribution in [0.1, 0.15) is 16.7 Å². The van der Waals surface area contributed by atoms with Crippen LogP contribution in [-0.4, -0.2) is 30.1 Å². The van der Waals surface area contributed by atoms with Gasteiger partial charge in [-0.25, -0.2) is 4.79 Å². The van der Waals surface area contributed by atoms with Gasteiger partial charge in [0.15, 0.2) is 0 Å². The molecule has 5 nitrogen and oxygen atoms in total. The van der Waals surface area contributed by atoms with E-state index in [0.717, 1.165) is 12.1 Å². The van der Waals surface area contributed by atoms with Crippen LogP contribution in [0.25, 0.3) is 0 Å². The fourth-order valence-electron chi connectivity index (χ4n) is 2.51. The van der Waals surface area contributed by atoms with Crippen LogP contribution in [0.3, 0.4) is 0 Å². The average molecular weight is 416 g/mol. The quantitative estimate of drug-likeness (QED) is 0.722. The molecule has 1 amide bonds.